The Kier molecular flexibility index (Phi) is 6.26. The number of allylic oxidation sites excluding steroid dienone is 1. The van der Waals surface area contributed by atoms with Crippen LogP contribution in [0.3, 0.4) is 0 Å². The first-order valence-corrected chi connectivity index (χ1v) is 12.2. The zero-order valence-corrected chi connectivity index (χ0v) is 19.8. The van der Waals surface area contributed by atoms with Gasteiger partial charge in [0.2, 0.25) is 0 Å². The third-order valence-corrected chi connectivity index (χ3v) is 7.66. The summed E-state index contributed by atoms with van der Waals surface area (Å²) < 4.78 is 5.29. The Balaban J connectivity index is 1.12. The molecule has 3 aliphatic rings. The summed E-state index contributed by atoms with van der Waals surface area (Å²) in [4.78, 5) is 10.5. The van der Waals surface area contributed by atoms with E-state index < -0.39 is 5.60 Å². The molecular formula is C28H35N3O2. The Morgan fingerprint density at radius 2 is 2.00 bits per heavy atom. The standard InChI is InChI=1S/C28H35N3O2/c1-31(15-6-9-27-29-25-13-12-23(33-2)18-26(25)30-27)16-14-28(32)19-21-10-11-22(28)17-24(21)20-7-4-3-5-8-20/h3-5,7-8,12-13,17-18,21-22,32H,6,9-11,14-16,19H2,1-2H3,(H,29,30). The average molecular weight is 446 g/mol. The van der Waals surface area contributed by atoms with Crippen molar-refractivity contribution in [1.82, 2.24) is 14.9 Å². The van der Waals surface area contributed by atoms with Crippen molar-refractivity contribution in [1.29, 1.82) is 0 Å². The van der Waals surface area contributed by atoms with Crippen molar-refractivity contribution in [2.75, 3.05) is 27.2 Å². The van der Waals surface area contributed by atoms with Crippen LogP contribution in [0, 0.1) is 11.8 Å². The molecule has 2 aromatic carbocycles. The molecular weight excluding hydrogens is 410 g/mol. The maximum absolute atomic E-state index is 11.5. The molecule has 1 heterocycles. The van der Waals surface area contributed by atoms with Gasteiger partial charge in [-0.3, -0.25) is 0 Å². The first-order chi connectivity index (χ1) is 16.0. The number of nitrogens with one attached hydrogen (secondary N) is 1. The summed E-state index contributed by atoms with van der Waals surface area (Å²) >= 11 is 0. The molecule has 3 aromatic rings. The van der Waals surface area contributed by atoms with E-state index in [0.717, 1.165) is 67.8 Å². The number of aromatic amines is 1. The molecule has 3 unspecified atom stereocenters. The maximum atomic E-state index is 11.5. The van der Waals surface area contributed by atoms with Crippen LogP contribution in [-0.2, 0) is 6.42 Å². The average Bonchev–Trinajstić information content (AvgIpc) is 3.25. The van der Waals surface area contributed by atoms with Crippen LogP contribution >= 0.6 is 0 Å². The number of H-pyrrole nitrogens is 1. The summed E-state index contributed by atoms with van der Waals surface area (Å²) in [6.45, 7) is 1.92. The number of aliphatic hydroxyl groups is 1. The van der Waals surface area contributed by atoms with Crippen LogP contribution in [0.2, 0.25) is 0 Å². The first kappa shape index (κ1) is 22.2. The highest BCUT2D eigenvalue weighted by Crippen LogP contribution is 2.51. The maximum Gasteiger partial charge on any atom is 0.121 e. The van der Waals surface area contributed by atoms with Crippen LogP contribution in [-0.4, -0.2) is 52.8 Å². The number of hydrogen-bond donors (Lipinski definition) is 2. The molecule has 1 aromatic heterocycles. The van der Waals surface area contributed by atoms with Crippen molar-refractivity contribution in [2.24, 2.45) is 11.8 Å². The van der Waals surface area contributed by atoms with Gasteiger partial charge in [0.05, 0.1) is 23.7 Å². The van der Waals surface area contributed by atoms with Crippen molar-refractivity contribution in [3.63, 3.8) is 0 Å². The number of fused-ring (bicyclic) bond motifs is 3. The molecule has 0 amide bonds. The van der Waals surface area contributed by atoms with Crippen molar-refractivity contribution >= 4 is 16.6 Å². The lowest BCUT2D eigenvalue weighted by molar-refractivity contribution is -0.0574. The van der Waals surface area contributed by atoms with Gasteiger partial charge >= 0.3 is 0 Å². The number of aromatic nitrogens is 2. The molecule has 3 atom stereocenters. The largest absolute Gasteiger partial charge is 0.497 e. The lowest BCUT2D eigenvalue weighted by Crippen LogP contribution is -2.48. The molecule has 2 N–H and O–H groups in total. The number of imidazole rings is 1. The van der Waals surface area contributed by atoms with Crippen LogP contribution in [0.4, 0.5) is 0 Å². The highest BCUT2D eigenvalue weighted by atomic mass is 16.5. The minimum absolute atomic E-state index is 0.277. The third-order valence-electron chi connectivity index (χ3n) is 7.66. The molecule has 1 fully saturated rings. The molecule has 174 valence electrons. The lowest BCUT2D eigenvalue weighted by Gasteiger charge is -2.48. The minimum Gasteiger partial charge on any atom is -0.497 e. The van der Waals surface area contributed by atoms with Gasteiger partial charge < -0.3 is 19.7 Å². The highest BCUT2D eigenvalue weighted by Gasteiger charge is 2.46. The fourth-order valence-corrected chi connectivity index (χ4v) is 5.73. The molecule has 0 saturated heterocycles. The number of hydrogen-bond acceptors (Lipinski definition) is 4. The lowest BCUT2D eigenvalue weighted by atomic mass is 9.61. The summed E-state index contributed by atoms with van der Waals surface area (Å²) in [5.41, 5.74) is 4.23. The molecule has 0 radical (unpaired) electrons. The number of nitrogens with zero attached hydrogens (tertiary/aromatic N) is 2. The predicted molar refractivity (Wildman–Crippen MR) is 133 cm³/mol. The molecule has 33 heavy (non-hydrogen) atoms. The second kappa shape index (κ2) is 9.32. The highest BCUT2D eigenvalue weighted by molar-refractivity contribution is 5.76. The predicted octanol–water partition coefficient (Wildman–Crippen LogP) is 5.07. The number of methoxy groups -OCH3 is 1. The molecule has 5 heteroatoms. The van der Waals surface area contributed by atoms with E-state index in [1.807, 2.05) is 18.2 Å². The monoisotopic (exact) mass is 445 g/mol. The number of ether oxygens (including phenoxy) is 1. The number of rotatable bonds is 9. The van der Waals surface area contributed by atoms with Gasteiger partial charge in [0.25, 0.3) is 0 Å². The topological polar surface area (TPSA) is 61.4 Å². The van der Waals surface area contributed by atoms with Gasteiger partial charge in [-0.05, 0) is 74.9 Å². The second-order valence-corrected chi connectivity index (χ2v) is 9.90. The zero-order chi connectivity index (χ0) is 22.8. The van der Waals surface area contributed by atoms with Gasteiger partial charge in [0, 0.05) is 24.9 Å². The van der Waals surface area contributed by atoms with Gasteiger partial charge in [-0.2, -0.15) is 0 Å². The summed E-state index contributed by atoms with van der Waals surface area (Å²) in [5.74, 6) is 2.62. The summed E-state index contributed by atoms with van der Waals surface area (Å²) in [6, 6.07) is 16.7. The van der Waals surface area contributed by atoms with Crippen LogP contribution in [0.15, 0.2) is 54.6 Å². The molecule has 5 nitrogen and oxygen atoms in total. The first-order valence-electron chi connectivity index (χ1n) is 12.2. The molecule has 3 aliphatic carbocycles. The van der Waals surface area contributed by atoms with Gasteiger partial charge in [0.15, 0.2) is 0 Å². The Morgan fingerprint density at radius 3 is 2.76 bits per heavy atom. The van der Waals surface area contributed by atoms with Crippen molar-refractivity contribution in [3.05, 3.63) is 66.0 Å². The van der Waals surface area contributed by atoms with Crippen LogP contribution in [0.5, 0.6) is 5.75 Å². The van der Waals surface area contributed by atoms with E-state index in [9.17, 15) is 5.11 Å². The van der Waals surface area contributed by atoms with Crippen molar-refractivity contribution < 1.29 is 9.84 Å². The fraction of sp³-hybridized carbons (Fsp3) is 0.464. The second-order valence-electron chi connectivity index (χ2n) is 9.90. The molecule has 0 spiro atoms. The van der Waals surface area contributed by atoms with E-state index in [0.29, 0.717) is 5.92 Å². The zero-order valence-electron chi connectivity index (χ0n) is 19.8. The summed E-state index contributed by atoms with van der Waals surface area (Å²) in [6.07, 6.45) is 8.38. The van der Waals surface area contributed by atoms with Crippen LogP contribution < -0.4 is 4.74 Å². The Morgan fingerprint density at radius 1 is 1.15 bits per heavy atom. The Hall–Kier alpha value is -2.63. The Labute approximate surface area is 196 Å². The van der Waals surface area contributed by atoms with Gasteiger partial charge in [-0.25, -0.2) is 4.98 Å². The SMILES string of the molecule is COc1ccc2[nH]c(CCCN(C)CCC3(O)CC4CCC3C=C4c3ccccc3)nc2c1. The van der Waals surface area contributed by atoms with E-state index in [-0.39, 0.29) is 5.92 Å². The quantitative estimate of drug-likeness (QED) is 0.483. The molecule has 6 rings (SSSR count). The molecule has 1 saturated carbocycles. The van der Waals surface area contributed by atoms with Crippen LogP contribution in [0.25, 0.3) is 16.6 Å². The summed E-state index contributed by atoms with van der Waals surface area (Å²) in [5, 5.41) is 11.5. The molecule has 0 aliphatic heterocycles. The normalized spacial score (nSPS) is 24.4. The van der Waals surface area contributed by atoms with Crippen molar-refractivity contribution in [2.45, 2.75) is 44.1 Å². The fourth-order valence-electron chi connectivity index (χ4n) is 5.73. The van der Waals surface area contributed by atoms with E-state index >= 15 is 0 Å². The summed E-state index contributed by atoms with van der Waals surface area (Å²) in [7, 11) is 3.84. The van der Waals surface area contributed by atoms with E-state index in [2.05, 4.69) is 53.3 Å². The smallest absolute Gasteiger partial charge is 0.121 e. The van der Waals surface area contributed by atoms with Crippen molar-refractivity contribution in [3.8, 4) is 5.75 Å². The minimum atomic E-state index is -0.562. The van der Waals surface area contributed by atoms with E-state index in [1.54, 1.807) is 7.11 Å². The van der Waals surface area contributed by atoms with E-state index in [1.165, 1.54) is 17.6 Å². The van der Waals surface area contributed by atoms with Gasteiger partial charge in [0.1, 0.15) is 11.6 Å². The van der Waals surface area contributed by atoms with Gasteiger partial charge in [-0.15, -0.1) is 0 Å². The van der Waals surface area contributed by atoms with Crippen LogP contribution in [0.1, 0.15) is 43.5 Å². The number of benzene rings is 2. The van der Waals surface area contributed by atoms with Gasteiger partial charge in [-0.1, -0.05) is 36.4 Å². The Bertz CT molecular complexity index is 1120. The number of aryl methyl sites for hydroxylation is 1. The van der Waals surface area contributed by atoms with E-state index in [4.69, 9.17) is 9.72 Å². The third kappa shape index (κ3) is 4.71. The molecule has 2 bridgehead atoms.